The Labute approximate surface area is 177 Å². The van der Waals surface area contributed by atoms with Gasteiger partial charge in [-0.1, -0.05) is 13.8 Å². The number of carbonyl (C=O) groups is 1. The van der Waals surface area contributed by atoms with Crippen LogP contribution in [0.5, 0.6) is 0 Å². The molecule has 7 nitrogen and oxygen atoms in total. The van der Waals surface area contributed by atoms with Crippen LogP contribution in [-0.4, -0.2) is 25.5 Å². The molecule has 156 valence electrons. The smallest absolute Gasteiger partial charge is 0.322 e. The van der Waals surface area contributed by atoms with E-state index in [1.807, 2.05) is 12.1 Å². The van der Waals surface area contributed by atoms with Crippen LogP contribution >= 0.6 is 11.6 Å². The first-order chi connectivity index (χ1) is 14.2. The standard InChI is InChI=1S/C21H18ClNO6S/c1-11(2)20(21(24)25)23-30(26,27)13-4-5-14-15-9-12(16-7-8-19(22)29-16)3-6-17(15)28-18(14)10-13/h3-11,20,23H,1-2H3,(H,24,25)/t20-/m0/s1. The van der Waals surface area contributed by atoms with E-state index in [1.54, 1.807) is 38.1 Å². The molecule has 9 heteroatoms. The SMILES string of the molecule is CC(C)[C@H](NS(=O)(=O)c1ccc2c(c1)oc1ccc(-c3ccc(Cl)o3)cc12)C(=O)O. The maximum atomic E-state index is 12.7. The number of hydrogen-bond donors (Lipinski definition) is 2. The van der Waals surface area contributed by atoms with Gasteiger partial charge >= 0.3 is 5.97 Å². The predicted molar refractivity (Wildman–Crippen MR) is 113 cm³/mol. The van der Waals surface area contributed by atoms with Crippen molar-refractivity contribution in [1.82, 2.24) is 4.72 Å². The van der Waals surface area contributed by atoms with Gasteiger partial charge in [-0.2, -0.15) is 4.72 Å². The second-order valence-electron chi connectivity index (χ2n) is 7.26. The zero-order chi connectivity index (χ0) is 21.6. The minimum absolute atomic E-state index is 0.0704. The van der Waals surface area contributed by atoms with E-state index >= 15 is 0 Å². The van der Waals surface area contributed by atoms with Gasteiger partial charge in [-0.3, -0.25) is 4.79 Å². The Bertz CT molecular complexity index is 1370. The second kappa shape index (κ2) is 7.46. The van der Waals surface area contributed by atoms with Gasteiger partial charge in [0.1, 0.15) is 23.0 Å². The molecule has 0 fully saturated rings. The molecule has 0 saturated carbocycles. The Morgan fingerprint density at radius 1 is 1.00 bits per heavy atom. The van der Waals surface area contributed by atoms with Crippen LogP contribution in [-0.2, 0) is 14.8 Å². The summed E-state index contributed by atoms with van der Waals surface area (Å²) in [5.74, 6) is -1.04. The minimum Gasteiger partial charge on any atom is -0.480 e. The summed E-state index contributed by atoms with van der Waals surface area (Å²) in [7, 11) is -4.05. The molecular weight excluding hydrogens is 430 g/mol. The zero-order valence-electron chi connectivity index (χ0n) is 16.0. The summed E-state index contributed by atoms with van der Waals surface area (Å²) in [6, 6.07) is 12.1. The van der Waals surface area contributed by atoms with Crippen LogP contribution < -0.4 is 4.72 Å². The van der Waals surface area contributed by atoms with Crippen LogP contribution in [0.15, 0.2) is 62.3 Å². The van der Waals surface area contributed by atoms with Crippen molar-refractivity contribution in [3.05, 3.63) is 53.8 Å². The summed E-state index contributed by atoms with van der Waals surface area (Å²) in [5, 5.41) is 11.1. The molecule has 0 unspecified atom stereocenters. The fraction of sp³-hybridized carbons (Fsp3) is 0.190. The highest BCUT2D eigenvalue weighted by Gasteiger charge is 2.28. The number of sulfonamides is 1. The Hall–Kier alpha value is -2.81. The van der Waals surface area contributed by atoms with Crippen LogP contribution in [0.2, 0.25) is 5.22 Å². The van der Waals surface area contributed by atoms with Gasteiger partial charge in [0.05, 0.1) is 4.90 Å². The molecule has 2 heterocycles. The quantitative estimate of drug-likeness (QED) is 0.435. The molecule has 2 aromatic carbocycles. The highest BCUT2D eigenvalue weighted by atomic mass is 35.5. The average molecular weight is 448 g/mol. The van der Waals surface area contributed by atoms with E-state index in [1.165, 1.54) is 12.1 Å². The maximum absolute atomic E-state index is 12.7. The molecule has 0 aliphatic carbocycles. The van der Waals surface area contributed by atoms with Crippen molar-refractivity contribution in [2.45, 2.75) is 24.8 Å². The Morgan fingerprint density at radius 2 is 1.77 bits per heavy atom. The van der Waals surface area contributed by atoms with Crippen LogP contribution in [0, 0.1) is 5.92 Å². The normalized spacial score (nSPS) is 13.3. The maximum Gasteiger partial charge on any atom is 0.322 e. The number of benzene rings is 2. The lowest BCUT2D eigenvalue weighted by molar-refractivity contribution is -0.140. The third-order valence-corrected chi connectivity index (χ3v) is 6.47. The number of hydrogen-bond acceptors (Lipinski definition) is 5. The minimum atomic E-state index is -4.05. The number of furan rings is 2. The monoisotopic (exact) mass is 447 g/mol. The molecule has 0 amide bonds. The third kappa shape index (κ3) is 3.69. The zero-order valence-corrected chi connectivity index (χ0v) is 17.6. The first-order valence-corrected chi connectivity index (χ1v) is 11.0. The van der Waals surface area contributed by atoms with Gasteiger partial charge in [0, 0.05) is 22.4 Å². The molecule has 0 aliphatic rings. The lowest BCUT2D eigenvalue weighted by atomic mass is 10.1. The first kappa shape index (κ1) is 20.5. The van der Waals surface area contributed by atoms with Crippen LogP contribution in [0.25, 0.3) is 33.3 Å². The predicted octanol–water partition coefficient (Wildman–Crippen LogP) is 4.89. The summed E-state index contributed by atoms with van der Waals surface area (Å²) in [6.07, 6.45) is 0. The molecule has 0 radical (unpaired) electrons. The topological polar surface area (TPSA) is 110 Å². The molecule has 30 heavy (non-hydrogen) atoms. The van der Waals surface area contributed by atoms with Gasteiger partial charge in [-0.15, -0.1) is 0 Å². The highest BCUT2D eigenvalue weighted by molar-refractivity contribution is 7.89. The van der Waals surface area contributed by atoms with E-state index in [0.717, 1.165) is 16.3 Å². The number of nitrogens with one attached hydrogen (secondary N) is 1. The first-order valence-electron chi connectivity index (χ1n) is 9.13. The summed E-state index contributed by atoms with van der Waals surface area (Å²) in [5.41, 5.74) is 1.76. The van der Waals surface area contributed by atoms with Crippen LogP contribution in [0.3, 0.4) is 0 Å². The number of carboxylic acid groups (broad SMARTS) is 1. The molecule has 0 saturated heterocycles. The number of fused-ring (bicyclic) bond motifs is 3. The van der Waals surface area contributed by atoms with Crippen LogP contribution in [0.4, 0.5) is 0 Å². The molecule has 2 N–H and O–H groups in total. The van der Waals surface area contributed by atoms with Crippen molar-refractivity contribution in [2.24, 2.45) is 5.92 Å². The molecule has 0 spiro atoms. The molecule has 0 aliphatic heterocycles. The number of rotatable bonds is 6. The molecule has 0 bridgehead atoms. The molecular formula is C21H18ClNO6S. The fourth-order valence-electron chi connectivity index (χ4n) is 3.25. The van der Waals surface area contributed by atoms with Gasteiger partial charge in [-0.25, -0.2) is 8.42 Å². The van der Waals surface area contributed by atoms with E-state index in [4.69, 9.17) is 20.4 Å². The van der Waals surface area contributed by atoms with E-state index in [-0.39, 0.29) is 10.1 Å². The van der Waals surface area contributed by atoms with E-state index in [9.17, 15) is 18.3 Å². The highest BCUT2D eigenvalue weighted by Crippen LogP contribution is 2.34. The lowest BCUT2D eigenvalue weighted by Gasteiger charge is -2.17. The lowest BCUT2D eigenvalue weighted by Crippen LogP contribution is -2.44. The summed E-state index contributed by atoms with van der Waals surface area (Å²) >= 11 is 5.85. The van der Waals surface area contributed by atoms with E-state index in [0.29, 0.717) is 16.9 Å². The van der Waals surface area contributed by atoms with Crippen molar-refractivity contribution in [2.75, 3.05) is 0 Å². The van der Waals surface area contributed by atoms with Crippen molar-refractivity contribution in [3.63, 3.8) is 0 Å². The largest absolute Gasteiger partial charge is 0.480 e. The molecule has 2 aromatic heterocycles. The van der Waals surface area contributed by atoms with Crippen LogP contribution in [0.1, 0.15) is 13.8 Å². The fourth-order valence-corrected chi connectivity index (χ4v) is 4.75. The number of halogens is 1. The van der Waals surface area contributed by atoms with Crippen molar-refractivity contribution in [3.8, 4) is 11.3 Å². The molecule has 1 atom stereocenters. The Morgan fingerprint density at radius 3 is 2.40 bits per heavy atom. The van der Waals surface area contributed by atoms with Crippen molar-refractivity contribution < 1.29 is 27.2 Å². The van der Waals surface area contributed by atoms with Crippen molar-refractivity contribution >= 4 is 49.5 Å². The Balaban J connectivity index is 1.76. The van der Waals surface area contributed by atoms with Gasteiger partial charge in [0.25, 0.3) is 0 Å². The van der Waals surface area contributed by atoms with Crippen molar-refractivity contribution in [1.29, 1.82) is 0 Å². The average Bonchev–Trinajstić information content (AvgIpc) is 3.28. The number of aliphatic carboxylic acids is 1. The van der Waals surface area contributed by atoms with Gasteiger partial charge in [-0.05, 0) is 60.0 Å². The van der Waals surface area contributed by atoms with E-state index < -0.39 is 28.0 Å². The Kier molecular flexibility index (Phi) is 5.09. The molecule has 4 aromatic rings. The summed E-state index contributed by atoms with van der Waals surface area (Å²) in [6.45, 7) is 3.26. The van der Waals surface area contributed by atoms with Gasteiger partial charge in [0.15, 0.2) is 5.22 Å². The molecule has 4 rings (SSSR count). The number of carboxylic acids is 1. The van der Waals surface area contributed by atoms with Gasteiger partial charge in [0.2, 0.25) is 10.0 Å². The summed E-state index contributed by atoms with van der Waals surface area (Å²) in [4.78, 5) is 11.3. The van der Waals surface area contributed by atoms with E-state index in [2.05, 4.69) is 4.72 Å². The summed E-state index contributed by atoms with van der Waals surface area (Å²) < 4.78 is 38.9. The third-order valence-electron chi connectivity index (χ3n) is 4.83. The second-order valence-corrected chi connectivity index (χ2v) is 9.34. The van der Waals surface area contributed by atoms with Gasteiger partial charge < -0.3 is 13.9 Å².